The number of rotatable bonds is 4. The van der Waals surface area contributed by atoms with Crippen LogP contribution in [0.1, 0.15) is 18.5 Å². The summed E-state index contributed by atoms with van der Waals surface area (Å²) in [6.07, 6.45) is -0.267. The zero-order valence-electron chi connectivity index (χ0n) is 12.7. The van der Waals surface area contributed by atoms with Gasteiger partial charge in [0.05, 0.1) is 31.9 Å². The molecule has 6 nitrogen and oxygen atoms in total. The topological polar surface area (TPSA) is 62.2 Å². The van der Waals surface area contributed by atoms with Gasteiger partial charge in [0, 0.05) is 19.0 Å². The number of aliphatic hydroxyl groups is 1. The Morgan fingerprint density at radius 3 is 2.86 bits per heavy atom. The van der Waals surface area contributed by atoms with Crippen molar-refractivity contribution in [3.63, 3.8) is 0 Å². The molecule has 0 saturated carbocycles. The molecule has 6 heteroatoms. The molecule has 3 rings (SSSR count). The minimum atomic E-state index is -0.267. The molecule has 120 valence electrons. The van der Waals surface area contributed by atoms with E-state index in [9.17, 15) is 9.90 Å². The monoisotopic (exact) mass is 306 g/mol. The molecule has 2 heterocycles. The average molecular weight is 306 g/mol. The summed E-state index contributed by atoms with van der Waals surface area (Å²) in [4.78, 5) is 19.4. The summed E-state index contributed by atoms with van der Waals surface area (Å²) in [5.41, 5.74) is 1.01. The normalized spacial score (nSPS) is 26.0. The molecule has 2 saturated heterocycles. The van der Waals surface area contributed by atoms with Crippen LogP contribution in [0.2, 0.25) is 0 Å². The van der Waals surface area contributed by atoms with Crippen molar-refractivity contribution in [2.75, 3.05) is 32.9 Å². The van der Waals surface area contributed by atoms with Crippen molar-refractivity contribution in [1.82, 2.24) is 9.96 Å². The summed E-state index contributed by atoms with van der Waals surface area (Å²) in [6, 6.07) is 9.70. The van der Waals surface area contributed by atoms with Gasteiger partial charge in [0.25, 0.3) is 0 Å². The van der Waals surface area contributed by atoms with Gasteiger partial charge in [-0.05, 0) is 12.5 Å². The van der Waals surface area contributed by atoms with Crippen LogP contribution < -0.4 is 0 Å². The van der Waals surface area contributed by atoms with E-state index in [1.807, 2.05) is 35.4 Å². The molecule has 2 aliphatic rings. The number of hydroxylamine groups is 2. The Hall–Kier alpha value is -1.63. The average Bonchev–Trinajstić information content (AvgIpc) is 3.11. The van der Waals surface area contributed by atoms with E-state index in [1.165, 1.54) is 0 Å². The van der Waals surface area contributed by atoms with E-state index in [4.69, 9.17) is 9.57 Å². The smallest absolute Gasteiger partial charge is 0.409 e. The number of nitrogens with zero attached hydrogens (tertiary/aromatic N) is 2. The van der Waals surface area contributed by atoms with Gasteiger partial charge in [-0.3, -0.25) is 4.84 Å². The SMILES string of the molecule is CCOC(=O)N1CC2[C@H](CON2[C@@H](CO)c2ccccc2)C1. The van der Waals surface area contributed by atoms with Gasteiger partial charge < -0.3 is 14.7 Å². The first-order valence-corrected chi connectivity index (χ1v) is 7.73. The zero-order valence-corrected chi connectivity index (χ0v) is 12.7. The molecule has 1 N–H and O–H groups in total. The van der Waals surface area contributed by atoms with Crippen LogP contribution in [0, 0.1) is 5.92 Å². The Morgan fingerprint density at radius 2 is 2.18 bits per heavy atom. The highest BCUT2D eigenvalue weighted by Gasteiger charge is 2.47. The third kappa shape index (κ3) is 2.82. The predicted octanol–water partition coefficient (Wildman–Crippen LogP) is 1.42. The number of fused-ring (bicyclic) bond motifs is 1. The Kier molecular flexibility index (Phi) is 4.61. The molecule has 1 aromatic carbocycles. The van der Waals surface area contributed by atoms with Crippen molar-refractivity contribution in [2.45, 2.75) is 19.0 Å². The number of ether oxygens (including phenoxy) is 1. The fourth-order valence-corrected chi connectivity index (χ4v) is 3.28. The van der Waals surface area contributed by atoms with E-state index < -0.39 is 0 Å². The van der Waals surface area contributed by atoms with E-state index in [0.29, 0.717) is 26.3 Å². The van der Waals surface area contributed by atoms with Crippen LogP contribution in [-0.4, -0.2) is 60.1 Å². The molecule has 22 heavy (non-hydrogen) atoms. The quantitative estimate of drug-likeness (QED) is 0.911. The van der Waals surface area contributed by atoms with Gasteiger partial charge >= 0.3 is 6.09 Å². The largest absolute Gasteiger partial charge is 0.450 e. The predicted molar refractivity (Wildman–Crippen MR) is 79.9 cm³/mol. The summed E-state index contributed by atoms with van der Waals surface area (Å²) in [5.74, 6) is 0.266. The van der Waals surface area contributed by atoms with Crippen LogP contribution in [0.25, 0.3) is 0 Å². The molecular formula is C16H22N2O4. The standard InChI is InChI=1S/C16H22N2O4/c1-2-21-16(20)17-8-13-11-22-18(14(13)9-17)15(10-19)12-6-4-3-5-7-12/h3-7,13-15,19H,2,8-11H2,1H3/t13-,14?,15-/m0/s1. The highest BCUT2D eigenvalue weighted by molar-refractivity contribution is 5.68. The number of carbonyl (C=O) groups is 1. The molecule has 1 aromatic rings. The maximum absolute atomic E-state index is 11.9. The van der Waals surface area contributed by atoms with Gasteiger partial charge in [0.2, 0.25) is 0 Å². The van der Waals surface area contributed by atoms with Crippen molar-refractivity contribution in [2.24, 2.45) is 5.92 Å². The highest BCUT2D eigenvalue weighted by atomic mass is 16.7. The minimum Gasteiger partial charge on any atom is -0.450 e. The lowest BCUT2D eigenvalue weighted by atomic mass is 10.0. The third-order valence-electron chi connectivity index (χ3n) is 4.36. The summed E-state index contributed by atoms with van der Waals surface area (Å²) in [6.45, 7) is 3.96. The molecule has 2 aliphatic heterocycles. The number of benzene rings is 1. The van der Waals surface area contributed by atoms with Crippen LogP contribution in [0.3, 0.4) is 0 Å². The first-order valence-electron chi connectivity index (χ1n) is 7.73. The fraction of sp³-hybridized carbons (Fsp3) is 0.562. The van der Waals surface area contributed by atoms with E-state index in [2.05, 4.69) is 0 Å². The Bertz CT molecular complexity index is 510. The van der Waals surface area contributed by atoms with Gasteiger partial charge in [-0.25, -0.2) is 4.79 Å². The van der Waals surface area contributed by atoms with E-state index in [1.54, 1.807) is 11.8 Å². The molecule has 2 fully saturated rings. The lowest BCUT2D eigenvalue weighted by Crippen LogP contribution is -2.39. The first kappa shape index (κ1) is 15.3. The van der Waals surface area contributed by atoms with Gasteiger partial charge in [0.15, 0.2) is 0 Å². The van der Waals surface area contributed by atoms with Crippen LogP contribution in [-0.2, 0) is 9.57 Å². The lowest BCUT2D eigenvalue weighted by Gasteiger charge is -2.30. The summed E-state index contributed by atoms with van der Waals surface area (Å²) in [7, 11) is 0. The second-order valence-corrected chi connectivity index (χ2v) is 5.70. The number of hydrogen-bond donors (Lipinski definition) is 1. The van der Waals surface area contributed by atoms with Gasteiger partial charge in [-0.1, -0.05) is 30.3 Å². The van der Waals surface area contributed by atoms with Gasteiger partial charge in [-0.2, -0.15) is 5.06 Å². The van der Waals surface area contributed by atoms with Crippen molar-refractivity contribution < 1.29 is 19.5 Å². The number of likely N-dealkylation sites (tertiary alicyclic amines) is 1. The van der Waals surface area contributed by atoms with Gasteiger partial charge in [0.1, 0.15) is 0 Å². The van der Waals surface area contributed by atoms with Crippen molar-refractivity contribution >= 4 is 6.09 Å². The van der Waals surface area contributed by atoms with Crippen molar-refractivity contribution in [3.8, 4) is 0 Å². The highest BCUT2D eigenvalue weighted by Crippen LogP contribution is 2.35. The van der Waals surface area contributed by atoms with Crippen molar-refractivity contribution in [1.29, 1.82) is 0 Å². The maximum Gasteiger partial charge on any atom is 0.409 e. The van der Waals surface area contributed by atoms with E-state index in [0.717, 1.165) is 5.56 Å². The zero-order chi connectivity index (χ0) is 15.5. The summed E-state index contributed by atoms with van der Waals surface area (Å²) < 4.78 is 5.08. The second-order valence-electron chi connectivity index (χ2n) is 5.70. The Balaban J connectivity index is 1.72. The fourth-order valence-electron chi connectivity index (χ4n) is 3.28. The second kappa shape index (κ2) is 6.64. The van der Waals surface area contributed by atoms with Crippen LogP contribution >= 0.6 is 0 Å². The van der Waals surface area contributed by atoms with E-state index in [-0.39, 0.29) is 30.7 Å². The molecule has 0 spiro atoms. The van der Waals surface area contributed by atoms with Crippen LogP contribution in [0.4, 0.5) is 4.79 Å². The van der Waals surface area contributed by atoms with Crippen molar-refractivity contribution in [3.05, 3.63) is 35.9 Å². The molecule has 0 aromatic heterocycles. The molecule has 1 unspecified atom stereocenters. The van der Waals surface area contributed by atoms with E-state index >= 15 is 0 Å². The molecule has 0 radical (unpaired) electrons. The Morgan fingerprint density at radius 1 is 1.41 bits per heavy atom. The number of amides is 1. The van der Waals surface area contributed by atoms with Crippen LogP contribution in [0.15, 0.2) is 30.3 Å². The maximum atomic E-state index is 11.9. The summed E-state index contributed by atoms with van der Waals surface area (Å²) in [5, 5.41) is 11.7. The molecule has 0 aliphatic carbocycles. The molecular weight excluding hydrogens is 284 g/mol. The lowest BCUT2D eigenvalue weighted by molar-refractivity contribution is -0.174. The summed E-state index contributed by atoms with van der Waals surface area (Å²) >= 11 is 0. The number of carbonyl (C=O) groups excluding carboxylic acids is 1. The molecule has 0 bridgehead atoms. The van der Waals surface area contributed by atoms with Crippen LogP contribution in [0.5, 0.6) is 0 Å². The minimum absolute atomic E-state index is 0.0212. The molecule has 1 amide bonds. The third-order valence-corrected chi connectivity index (χ3v) is 4.36. The van der Waals surface area contributed by atoms with Gasteiger partial charge in [-0.15, -0.1) is 0 Å². The first-order chi connectivity index (χ1) is 10.7. The number of aliphatic hydroxyl groups excluding tert-OH is 1. The number of hydrogen-bond acceptors (Lipinski definition) is 5. The molecule has 3 atom stereocenters. The Labute approximate surface area is 130 Å².